The molecule has 0 saturated heterocycles. The van der Waals surface area contributed by atoms with Gasteiger partial charge in [-0.1, -0.05) is 65.8 Å². The van der Waals surface area contributed by atoms with E-state index >= 15 is 0 Å². The maximum atomic E-state index is 11.6. The normalized spacial score (nSPS) is 12.8. The molecule has 0 aliphatic rings. The number of nitrogens with zero attached hydrogens (tertiary/aromatic N) is 3. The van der Waals surface area contributed by atoms with Crippen LogP contribution in [0.4, 0.5) is 0 Å². The standard InChI is InChI=1S/C18H19N3O4/c19-21-20-11-16(24-12-14-7-3-1-4-8-14)17(18(22)23)25-13-15-9-5-2-6-10-15/h1-10,16-17H,11-13H2,(H,22,23)/t16?,17-/m1/s1. The van der Waals surface area contributed by atoms with Gasteiger partial charge >= 0.3 is 5.97 Å². The molecule has 2 aromatic rings. The summed E-state index contributed by atoms with van der Waals surface area (Å²) in [5.41, 5.74) is 10.3. The van der Waals surface area contributed by atoms with Crippen LogP contribution in [0.25, 0.3) is 10.4 Å². The first-order valence-corrected chi connectivity index (χ1v) is 7.75. The van der Waals surface area contributed by atoms with Gasteiger partial charge in [-0.15, -0.1) is 0 Å². The molecular formula is C18H19N3O4. The lowest BCUT2D eigenvalue weighted by Crippen LogP contribution is -2.40. The Morgan fingerprint density at radius 2 is 1.52 bits per heavy atom. The third-order valence-electron chi connectivity index (χ3n) is 3.49. The van der Waals surface area contributed by atoms with Crippen LogP contribution in [-0.2, 0) is 27.5 Å². The number of carbonyl (C=O) groups is 1. The van der Waals surface area contributed by atoms with Crippen LogP contribution in [0.15, 0.2) is 65.8 Å². The molecule has 7 heteroatoms. The summed E-state index contributed by atoms with van der Waals surface area (Å²) in [7, 11) is 0. The maximum absolute atomic E-state index is 11.6. The second kappa shape index (κ2) is 10.1. The first kappa shape index (κ1) is 18.5. The zero-order valence-corrected chi connectivity index (χ0v) is 13.6. The molecule has 0 aliphatic heterocycles. The lowest BCUT2D eigenvalue weighted by atomic mass is 10.2. The van der Waals surface area contributed by atoms with Crippen LogP contribution >= 0.6 is 0 Å². The molecule has 0 amide bonds. The summed E-state index contributed by atoms with van der Waals surface area (Å²) in [6, 6.07) is 18.6. The fraction of sp³-hybridized carbons (Fsp3) is 0.278. The van der Waals surface area contributed by atoms with Crippen molar-refractivity contribution in [3.63, 3.8) is 0 Å². The molecule has 2 rings (SSSR count). The van der Waals surface area contributed by atoms with Gasteiger partial charge in [0.15, 0.2) is 6.10 Å². The monoisotopic (exact) mass is 341 g/mol. The lowest BCUT2D eigenvalue weighted by Gasteiger charge is -2.23. The van der Waals surface area contributed by atoms with E-state index in [-0.39, 0.29) is 19.8 Å². The van der Waals surface area contributed by atoms with E-state index in [4.69, 9.17) is 15.0 Å². The Kier molecular flexibility index (Phi) is 7.46. The summed E-state index contributed by atoms with van der Waals surface area (Å²) >= 11 is 0. The first-order chi connectivity index (χ1) is 12.2. The minimum absolute atomic E-state index is 0.124. The average molecular weight is 341 g/mol. The number of benzene rings is 2. The number of carboxylic acid groups (broad SMARTS) is 1. The predicted octanol–water partition coefficient (Wildman–Crippen LogP) is 3.55. The molecule has 0 heterocycles. The number of azide groups is 1. The van der Waals surface area contributed by atoms with E-state index in [0.717, 1.165) is 11.1 Å². The van der Waals surface area contributed by atoms with Crippen LogP contribution < -0.4 is 0 Å². The zero-order valence-electron chi connectivity index (χ0n) is 13.6. The van der Waals surface area contributed by atoms with Crippen molar-refractivity contribution in [2.24, 2.45) is 5.11 Å². The van der Waals surface area contributed by atoms with Gasteiger partial charge in [0.25, 0.3) is 0 Å². The zero-order chi connectivity index (χ0) is 17.9. The maximum Gasteiger partial charge on any atom is 0.335 e. The number of carboxylic acids is 1. The summed E-state index contributed by atoms with van der Waals surface area (Å²) in [5.74, 6) is -1.16. The van der Waals surface area contributed by atoms with Crippen LogP contribution in [-0.4, -0.2) is 29.8 Å². The van der Waals surface area contributed by atoms with E-state index in [0.29, 0.717) is 0 Å². The fourth-order valence-corrected chi connectivity index (χ4v) is 2.23. The second-order valence-corrected chi connectivity index (χ2v) is 5.30. The van der Waals surface area contributed by atoms with Crippen molar-refractivity contribution in [3.05, 3.63) is 82.2 Å². The highest BCUT2D eigenvalue weighted by Crippen LogP contribution is 2.13. The molecular weight excluding hydrogens is 322 g/mol. The van der Waals surface area contributed by atoms with Crippen molar-refractivity contribution in [1.82, 2.24) is 0 Å². The minimum atomic E-state index is -1.24. The molecule has 1 N–H and O–H groups in total. The van der Waals surface area contributed by atoms with Crippen LogP contribution in [0.2, 0.25) is 0 Å². The van der Waals surface area contributed by atoms with Gasteiger partial charge in [-0.05, 0) is 16.7 Å². The summed E-state index contributed by atoms with van der Waals surface area (Å²) in [4.78, 5) is 14.3. The van der Waals surface area contributed by atoms with Gasteiger partial charge in [-0.25, -0.2) is 4.79 Å². The Morgan fingerprint density at radius 3 is 2.00 bits per heavy atom. The largest absolute Gasteiger partial charge is 0.479 e. The number of rotatable bonds is 10. The van der Waals surface area contributed by atoms with E-state index in [1.807, 2.05) is 60.7 Å². The molecule has 1 unspecified atom stereocenters. The van der Waals surface area contributed by atoms with E-state index < -0.39 is 18.2 Å². The summed E-state index contributed by atoms with van der Waals surface area (Å²) in [5, 5.41) is 12.9. The van der Waals surface area contributed by atoms with Crippen LogP contribution in [0, 0.1) is 0 Å². The summed E-state index contributed by atoms with van der Waals surface area (Å²) in [6.07, 6.45) is -2.13. The Balaban J connectivity index is 2.04. The molecule has 0 aromatic heterocycles. The second-order valence-electron chi connectivity index (χ2n) is 5.30. The number of hydrogen-bond acceptors (Lipinski definition) is 4. The molecule has 0 fully saturated rings. The number of aliphatic carboxylic acids is 1. The highest BCUT2D eigenvalue weighted by atomic mass is 16.6. The molecule has 0 spiro atoms. The SMILES string of the molecule is [N-]=[N+]=NCC(OCc1ccccc1)[C@@H](OCc1ccccc1)C(=O)O. The van der Waals surface area contributed by atoms with E-state index in [1.54, 1.807) is 0 Å². The topological polar surface area (TPSA) is 105 Å². The summed E-state index contributed by atoms with van der Waals surface area (Å²) < 4.78 is 11.2. The Hall–Kier alpha value is -2.86. The Labute approximate surface area is 145 Å². The summed E-state index contributed by atoms with van der Waals surface area (Å²) in [6.45, 7) is 0.194. The molecule has 130 valence electrons. The van der Waals surface area contributed by atoms with Crippen molar-refractivity contribution >= 4 is 5.97 Å². The third kappa shape index (κ3) is 6.27. The van der Waals surface area contributed by atoms with Crippen molar-refractivity contribution in [2.45, 2.75) is 25.4 Å². The van der Waals surface area contributed by atoms with E-state index in [9.17, 15) is 9.90 Å². The molecule has 2 aromatic carbocycles. The number of hydrogen-bond donors (Lipinski definition) is 1. The van der Waals surface area contributed by atoms with Gasteiger partial charge < -0.3 is 14.6 Å². The molecule has 25 heavy (non-hydrogen) atoms. The Morgan fingerprint density at radius 1 is 1.00 bits per heavy atom. The van der Waals surface area contributed by atoms with Crippen molar-refractivity contribution in [1.29, 1.82) is 0 Å². The predicted molar refractivity (Wildman–Crippen MR) is 91.7 cm³/mol. The van der Waals surface area contributed by atoms with Gasteiger partial charge in [0.05, 0.1) is 19.8 Å². The lowest BCUT2D eigenvalue weighted by molar-refractivity contribution is -0.163. The molecule has 0 radical (unpaired) electrons. The molecule has 7 nitrogen and oxygen atoms in total. The number of ether oxygens (including phenoxy) is 2. The molecule has 2 atom stereocenters. The average Bonchev–Trinajstić information content (AvgIpc) is 2.65. The molecule has 0 aliphatic carbocycles. The highest BCUT2D eigenvalue weighted by Gasteiger charge is 2.29. The quantitative estimate of drug-likeness (QED) is 0.405. The van der Waals surface area contributed by atoms with Crippen LogP contribution in [0.3, 0.4) is 0 Å². The first-order valence-electron chi connectivity index (χ1n) is 7.75. The molecule has 0 saturated carbocycles. The van der Waals surface area contributed by atoms with Crippen molar-refractivity contribution in [2.75, 3.05) is 6.54 Å². The molecule has 0 bridgehead atoms. The highest BCUT2D eigenvalue weighted by molar-refractivity contribution is 5.73. The Bertz CT molecular complexity index is 703. The van der Waals surface area contributed by atoms with Gasteiger partial charge in [0.2, 0.25) is 0 Å². The van der Waals surface area contributed by atoms with Gasteiger partial charge in [-0.2, -0.15) is 0 Å². The smallest absolute Gasteiger partial charge is 0.335 e. The third-order valence-corrected chi connectivity index (χ3v) is 3.49. The fourth-order valence-electron chi connectivity index (χ4n) is 2.23. The van der Waals surface area contributed by atoms with E-state index in [2.05, 4.69) is 10.0 Å². The van der Waals surface area contributed by atoms with Gasteiger partial charge in [-0.3, -0.25) is 0 Å². The van der Waals surface area contributed by atoms with Crippen molar-refractivity contribution < 1.29 is 19.4 Å². The van der Waals surface area contributed by atoms with Crippen LogP contribution in [0.1, 0.15) is 11.1 Å². The van der Waals surface area contributed by atoms with Crippen LogP contribution in [0.5, 0.6) is 0 Å². The van der Waals surface area contributed by atoms with Gasteiger partial charge in [0, 0.05) is 4.91 Å². The van der Waals surface area contributed by atoms with Crippen molar-refractivity contribution in [3.8, 4) is 0 Å². The van der Waals surface area contributed by atoms with Gasteiger partial charge in [0.1, 0.15) is 6.10 Å². The minimum Gasteiger partial charge on any atom is -0.479 e. The van der Waals surface area contributed by atoms with E-state index in [1.165, 1.54) is 0 Å².